The Labute approximate surface area is 192 Å². The van der Waals surface area contributed by atoms with Gasteiger partial charge in [0, 0.05) is 55.2 Å². The van der Waals surface area contributed by atoms with Crippen LogP contribution < -0.4 is 15.4 Å². The molecule has 4 heterocycles. The highest BCUT2D eigenvalue weighted by atomic mass is 16.5. The topological polar surface area (TPSA) is 99.0 Å². The molecule has 0 spiro atoms. The minimum Gasteiger partial charge on any atom is -0.495 e. The van der Waals surface area contributed by atoms with Gasteiger partial charge in [0.15, 0.2) is 5.82 Å². The van der Waals surface area contributed by atoms with Gasteiger partial charge < -0.3 is 20.1 Å². The van der Waals surface area contributed by atoms with Crippen LogP contribution >= 0.6 is 0 Å². The largest absolute Gasteiger partial charge is 0.495 e. The van der Waals surface area contributed by atoms with Crippen molar-refractivity contribution in [2.24, 2.45) is 12.5 Å². The molecular weight excluding hydrogens is 418 g/mol. The maximum absolute atomic E-state index is 5.62. The number of aromatic nitrogens is 5. The Bertz CT molecular complexity index is 1280. The number of fused-ring (bicyclic) bond motifs is 1. The molecule has 0 aliphatic carbocycles. The zero-order valence-electron chi connectivity index (χ0n) is 19.0. The molecule has 2 N–H and O–H groups in total. The van der Waals surface area contributed by atoms with Crippen molar-refractivity contribution in [2.75, 3.05) is 37.5 Å². The molecule has 0 saturated carbocycles. The number of hydrogen-bond acceptors (Lipinski definition) is 8. The van der Waals surface area contributed by atoms with Gasteiger partial charge in [-0.3, -0.25) is 4.68 Å². The van der Waals surface area contributed by atoms with Crippen LogP contribution in [0.4, 0.5) is 17.5 Å². The smallest absolute Gasteiger partial charge is 0.227 e. The Morgan fingerprint density at radius 3 is 2.85 bits per heavy atom. The Kier molecular flexibility index (Phi) is 5.55. The third kappa shape index (κ3) is 4.45. The highest BCUT2D eigenvalue weighted by Gasteiger charge is 2.29. The summed E-state index contributed by atoms with van der Waals surface area (Å²) in [5, 5.41) is 11.9. The van der Waals surface area contributed by atoms with Crippen LogP contribution in [-0.4, -0.2) is 51.6 Å². The minimum atomic E-state index is 0.0986. The molecule has 4 aromatic rings. The number of aryl methyl sites for hydroxylation is 1. The molecule has 3 aromatic heterocycles. The van der Waals surface area contributed by atoms with Gasteiger partial charge in [-0.2, -0.15) is 5.10 Å². The molecule has 1 atom stereocenters. The molecule has 33 heavy (non-hydrogen) atoms. The van der Waals surface area contributed by atoms with Crippen LogP contribution in [0.2, 0.25) is 0 Å². The highest BCUT2D eigenvalue weighted by Crippen LogP contribution is 2.33. The maximum Gasteiger partial charge on any atom is 0.227 e. The van der Waals surface area contributed by atoms with E-state index in [0.717, 1.165) is 59.7 Å². The quantitative estimate of drug-likeness (QED) is 0.440. The molecule has 1 aromatic carbocycles. The molecular formula is C24H27N7O2. The van der Waals surface area contributed by atoms with Crippen LogP contribution in [0.1, 0.15) is 13.3 Å². The average molecular weight is 446 g/mol. The molecule has 1 fully saturated rings. The molecule has 9 heteroatoms. The molecule has 1 aliphatic heterocycles. The molecule has 0 unspecified atom stereocenters. The lowest BCUT2D eigenvalue weighted by atomic mass is 9.90. The van der Waals surface area contributed by atoms with Crippen molar-refractivity contribution in [2.45, 2.75) is 13.3 Å². The van der Waals surface area contributed by atoms with Gasteiger partial charge in [0.1, 0.15) is 11.3 Å². The number of hydrogen-bond donors (Lipinski definition) is 2. The maximum atomic E-state index is 5.62. The van der Waals surface area contributed by atoms with Crippen LogP contribution in [0.15, 0.2) is 49.1 Å². The molecule has 0 amide bonds. The van der Waals surface area contributed by atoms with E-state index in [-0.39, 0.29) is 5.41 Å². The van der Waals surface area contributed by atoms with Gasteiger partial charge >= 0.3 is 0 Å². The van der Waals surface area contributed by atoms with Crippen LogP contribution in [0.25, 0.3) is 22.0 Å². The second-order valence-electron chi connectivity index (χ2n) is 8.70. The van der Waals surface area contributed by atoms with Crippen molar-refractivity contribution in [3.8, 4) is 16.9 Å². The summed E-state index contributed by atoms with van der Waals surface area (Å²) in [6, 6.07) is 7.85. The first kappa shape index (κ1) is 21.1. The van der Waals surface area contributed by atoms with Gasteiger partial charge in [0.25, 0.3) is 0 Å². The van der Waals surface area contributed by atoms with Crippen molar-refractivity contribution < 1.29 is 9.47 Å². The summed E-state index contributed by atoms with van der Waals surface area (Å²) in [5.41, 5.74) is 3.68. The summed E-state index contributed by atoms with van der Waals surface area (Å²) in [6.45, 7) is 4.55. The summed E-state index contributed by atoms with van der Waals surface area (Å²) in [6.07, 6.45) is 8.40. The van der Waals surface area contributed by atoms with Crippen LogP contribution in [0, 0.1) is 5.41 Å². The number of rotatable bonds is 7. The number of ether oxygens (including phenoxy) is 2. The first-order valence-corrected chi connectivity index (χ1v) is 10.9. The van der Waals surface area contributed by atoms with Gasteiger partial charge in [-0.25, -0.2) is 15.0 Å². The Morgan fingerprint density at radius 2 is 2.09 bits per heavy atom. The third-order valence-electron chi connectivity index (χ3n) is 5.97. The van der Waals surface area contributed by atoms with Gasteiger partial charge in [0.2, 0.25) is 5.95 Å². The number of benzene rings is 1. The van der Waals surface area contributed by atoms with E-state index in [1.54, 1.807) is 24.2 Å². The first-order valence-electron chi connectivity index (χ1n) is 10.9. The molecule has 1 saturated heterocycles. The van der Waals surface area contributed by atoms with Crippen molar-refractivity contribution in [1.82, 2.24) is 24.7 Å². The van der Waals surface area contributed by atoms with Crippen LogP contribution in [0.3, 0.4) is 0 Å². The molecule has 5 rings (SSSR count). The van der Waals surface area contributed by atoms with E-state index in [9.17, 15) is 0 Å². The highest BCUT2D eigenvalue weighted by molar-refractivity contribution is 5.88. The van der Waals surface area contributed by atoms with Gasteiger partial charge in [0.05, 0.1) is 25.6 Å². The van der Waals surface area contributed by atoms with Crippen molar-refractivity contribution in [1.29, 1.82) is 0 Å². The number of methoxy groups -OCH3 is 1. The molecule has 0 bridgehead atoms. The zero-order chi connectivity index (χ0) is 22.8. The van der Waals surface area contributed by atoms with E-state index in [2.05, 4.69) is 32.6 Å². The predicted octanol–water partition coefficient (Wildman–Crippen LogP) is 4.02. The zero-order valence-corrected chi connectivity index (χ0v) is 19.0. The van der Waals surface area contributed by atoms with E-state index >= 15 is 0 Å². The van der Waals surface area contributed by atoms with Gasteiger partial charge in [-0.05, 0) is 30.2 Å². The van der Waals surface area contributed by atoms with Crippen LogP contribution in [-0.2, 0) is 11.8 Å². The van der Waals surface area contributed by atoms with Crippen molar-refractivity contribution in [3.05, 3.63) is 49.1 Å². The lowest BCUT2D eigenvalue weighted by Crippen LogP contribution is -2.27. The standard InChI is InChI=1S/C24H27N7O2/c1-24(7-9-33-15-24)14-27-22-21-17(6-8-25-22)11-26-23(30-21)29-19-5-4-16(10-20(19)32-3)18-12-28-31(2)13-18/h4-6,8,10-13H,7,9,14-15H2,1-3H3,(H,25,27)(H,26,29,30)/t24-/m1/s1. The van der Waals surface area contributed by atoms with E-state index in [1.165, 1.54) is 0 Å². The summed E-state index contributed by atoms with van der Waals surface area (Å²) in [5.74, 6) is 1.91. The number of anilines is 3. The van der Waals surface area contributed by atoms with Gasteiger partial charge in [-0.1, -0.05) is 13.0 Å². The summed E-state index contributed by atoms with van der Waals surface area (Å²) < 4.78 is 13.0. The van der Waals surface area contributed by atoms with E-state index < -0.39 is 0 Å². The second kappa shape index (κ2) is 8.67. The predicted molar refractivity (Wildman–Crippen MR) is 128 cm³/mol. The summed E-state index contributed by atoms with van der Waals surface area (Å²) in [4.78, 5) is 13.8. The molecule has 170 valence electrons. The average Bonchev–Trinajstić information content (AvgIpc) is 3.46. The number of nitrogens with zero attached hydrogens (tertiary/aromatic N) is 5. The monoisotopic (exact) mass is 445 g/mol. The Morgan fingerprint density at radius 1 is 1.18 bits per heavy atom. The van der Waals surface area contributed by atoms with Crippen LogP contribution in [0.5, 0.6) is 5.75 Å². The normalized spacial score (nSPS) is 17.9. The molecule has 9 nitrogen and oxygen atoms in total. The fraction of sp³-hybridized carbons (Fsp3) is 0.333. The Hall–Kier alpha value is -3.72. The van der Waals surface area contributed by atoms with E-state index in [4.69, 9.17) is 14.5 Å². The minimum absolute atomic E-state index is 0.0986. The van der Waals surface area contributed by atoms with E-state index in [1.807, 2.05) is 43.7 Å². The first-order chi connectivity index (χ1) is 16.0. The fourth-order valence-corrected chi connectivity index (χ4v) is 3.96. The SMILES string of the molecule is COc1cc(-c2cnn(C)c2)ccc1Nc1ncc2ccnc(NC[C@@]3(C)CCOC3)c2n1. The van der Waals surface area contributed by atoms with Crippen molar-refractivity contribution >= 4 is 28.4 Å². The van der Waals surface area contributed by atoms with E-state index in [0.29, 0.717) is 11.7 Å². The summed E-state index contributed by atoms with van der Waals surface area (Å²) in [7, 11) is 3.54. The van der Waals surface area contributed by atoms with Crippen molar-refractivity contribution in [3.63, 3.8) is 0 Å². The fourth-order valence-electron chi connectivity index (χ4n) is 3.96. The molecule has 0 radical (unpaired) electrons. The van der Waals surface area contributed by atoms with Gasteiger partial charge in [-0.15, -0.1) is 0 Å². The third-order valence-corrected chi connectivity index (χ3v) is 5.97. The Balaban J connectivity index is 1.41. The molecule has 1 aliphatic rings. The summed E-state index contributed by atoms with van der Waals surface area (Å²) >= 11 is 0. The lowest BCUT2D eigenvalue weighted by Gasteiger charge is -2.22. The number of nitrogens with one attached hydrogen (secondary N) is 2. The lowest BCUT2D eigenvalue weighted by molar-refractivity contribution is 0.164. The number of pyridine rings is 1. The second-order valence-corrected chi connectivity index (χ2v) is 8.70.